The fourth-order valence-corrected chi connectivity index (χ4v) is 5.15. The average molecular weight is 539 g/mol. The zero-order valence-corrected chi connectivity index (χ0v) is 21.9. The summed E-state index contributed by atoms with van der Waals surface area (Å²) < 4.78 is 10.4. The number of amides is 1. The Balaban J connectivity index is 1.89. The van der Waals surface area contributed by atoms with Crippen molar-refractivity contribution < 1.29 is 29.0 Å². The number of hydrogen-bond donors (Lipinski definition) is 1. The second-order valence-electron chi connectivity index (χ2n) is 8.20. The van der Waals surface area contributed by atoms with Gasteiger partial charge in [0.25, 0.3) is 5.78 Å². The summed E-state index contributed by atoms with van der Waals surface area (Å²) in [6.07, 6.45) is 1.44. The molecule has 1 atom stereocenters. The maximum absolute atomic E-state index is 13.4. The van der Waals surface area contributed by atoms with Crippen molar-refractivity contribution in [2.75, 3.05) is 18.6 Å². The van der Waals surface area contributed by atoms with E-state index in [0.29, 0.717) is 33.2 Å². The maximum Gasteiger partial charge on any atom is 0.350 e. The number of aliphatic hydroxyl groups is 1. The third-order valence-corrected chi connectivity index (χ3v) is 7.22. The fraction of sp³-hybridized carbons (Fsp3) is 0.185. The molecule has 3 aromatic rings. The summed E-state index contributed by atoms with van der Waals surface area (Å²) in [6, 6.07) is 10.6. The van der Waals surface area contributed by atoms with Gasteiger partial charge in [-0.05, 0) is 55.3 Å². The van der Waals surface area contributed by atoms with Crippen LogP contribution in [0.1, 0.15) is 38.1 Å². The Morgan fingerprint density at radius 1 is 1.22 bits per heavy atom. The number of aliphatic hydroxyl groups excluding tert-OH is 1. The van der Waals surface area contributed by atoms with E-state index in [1.165, 1.54) is 18.1 Å². The second kappa shape index (κ2) is 10.6. The Labute approximate surface area is 222 Å². The van der Waals surface area contributed by atoms with Gasteiger partial charge in [-0.3, -0.25) is 14.5 Å². The smallest absolute Gasteiger partial charge is 0.350 e. The van der Waals surface area contributed by atoms with Crippen LogP contribution in [-0.4, -0.2) is 41.5 Å². The highest BCUT2D eigenvalue weighted by Gasteiger charge is 2.48. The van der Waals surface area contributed by atoms with E-state index >= 15 is 0 Å². The first kappa shape index (κ1) is 26.1. The van der Waals surface area contributed by atoms with Crippen LogP contribution in [0.15, 0.2) is 60.7 Å². The molecule has 190 valence electrons. The molecule has 2 aromatic carbocycles. The zero-order valence-electron chi connectivity index (χ0n) is 20.3. The third kappa shape index (κ3) is 4.87. The van der Waals surface area contributed by atoms with Crippen LogP contribution in [0.2, 0.25) is 5.02 Å². The van der Waals surface area contributed by atoms with E-state index in [1.807, 2.05) is 0 Å². The minimum absolute atomic E-state index is 0.0159. The lowest BCUT2D eigenvalue weighted by Crippen LogP contribution is -2.29. The van der Waals surface area contributed by atoms with Gasteiger partial charge < -0.3 is 14.6 Å². The topological polar surface area (TPSA) is 106 Å². The lowest BCUT2D eigenvalue weighted by Gasteiger charge is -2.23. The molecule has 1 N–H and O–H groups in total. The molecule has 0 radical (unpaired) electrons. The minimum Gasteiger partial charge on any atom is -0.507 e. The number of ether oxygens (including phenoxy) is 2. The number of methoxy groups -OCH3 is 1. The van der Waals surface area contributed by atoms with Gasteiger partial charge in [0.05, 0.1) is 24.4 Å². The van der Waals surface area contributed by atoms with E-state index in [0.717, 1.165) is 11.3 Å². The molecular weight excluding hydrogens is 516 g/mol. The number of esters is 1. The molecule has 1 aliphatic rings. The first-order valence-corrected chi connectivity index (χ1v) is 12.3. The van der Waals surface area contributed by atoms with Crippen LogP contribution in [0.4, 0.5) is 5.13 Å². The van der Waals surface area contributed by atoms with Gasteiger partial charge in [0.1, 0.15) is 23.0 Å². The lowest BCUT2D eigenvalue weighted by atomic mass is 9.94. The first-order valence-electron chi connectivity index (χ1n) is 11.1. The first-order chi connectivity index (χ1) is 17.7. The SMILES string of the molecule is C=CCOC(=O)c1sc(N2C(=O)C(=O)C(=C(O)c3ccc(OC)cc3C)[C@@H]2c2ccc(Cl)cc2)nc1C. The van der Waals surface area contributed by atoms with Crippen LogP contribution in [0.5, 0.6) is 5.75 Å². The lowest BCUT2D eigenvalue weighted by molar-refractivity contribution is -0.132. The summed E-state index contributed by atoms with van der Waals surface area (Å²) in [5.74, 6) is -2.13. The minimum atomic E-state index is -1.01. The molecule has 10 heteroatoms. The van der Waals surface area contributed by atoms with Crippen molar-refractivity contribution in [3.63, 3.8) is 0 Å². The number of carbonyl (C=O) groups is 3. The monoisotopic (exact) mass is 538 g/mol. The van der Waals surface area contributed by atoms with Crippen LogP contribution in [0, 0.1) is 13.8 Å². The molecule has 1 amide bonds. The molecule has 8 nitrogen and oxygen atoms in total. The van der Waals surface area contributed by atoms with Crippen molar-refractivity contribution in [3.8, 4) is 5.75 Å². The van der Waals surface area contributed by atoms with Crippen molar-refractivity contribution >= 4 is 51.5 Å². The molecule has 1 saturated heterocycles. The van der Waals surface area contributed by atoms with Crippen molar-refractivity contribution in [2.24, 2.45) is 0 Å². The van der Waals surface area contributed by atoms with E-state index in [1.54, 1.807) is 56.3 Å². The quantitative estimate of drug-likeness (QED) is 0.141. The van der Waals surface area contributed by atoms with Gasteiger partial charge in [-0.1, -0.05) is 47.7 Å². The van der Waals surface area contributed by atoms with Crippen molar-refractivity contribution in [3.05, 3.63) is 93.0 Å². The molecule has 0 bridgehead atoms. The maximum atomic E-state index is 13.4. The molecule has 37 heavy (non-hydrogen) atoms. The van der Waals surface area contributed by atoms with Gasteiger partial charge in [-0.15, -0.1) is 0 Å². The average Bonchev–Trinajstić information content (AvgIpc) is 3.39. The van der Waals surface area contributed by atoms with E-state index < -0.39 is 23.7 Å². The molecule has 4 rings (SSSR count). The van der Waals surface area contributed by atoms with Crippen molar-refractivity contribution in [2.45, 2.75) is 19.9 Å². The Morgan fingerprint density at radius 3 is 2.54 bits per heavy atom. The predicted molar refractivity (Wildman–Crippen MR) is 141 cm³/mol. The molecule has 0 saturated carbocycles. The Kier molecular flexibility index (Phi) is 7.47. The summed E-state index contributed by atoms with van der Waals surface area (Å²) in [5.41, 5.74) is 1.79. The van der Waals surface area contributed by atoms with E-state index in [4.69, 9.17) is 21.1 Å². The Morgan fingerprint density at radius 2 is 1.92 bits per heavy atom. The van der Waals surface area contributed by atoms with Crippen molar-refractivity contribution in [1.82, 2.24) is 4.98 Å². The normalized spacial score (nSPS) is 16.6. The van der Waals surface area contributed by atoms with E-state index in [-0.39, 0.29) is 27.9 Å². The van der Waals surface area contributed by atoms with Gasteiger partial charge >= 0.3 is 11.9 Å². The van der Waals surface area contributed by atoms with Crippen LogP contribution in [0.3, 0.4) is 0 Å². The number of Topliss-reactive ketones (excluding diaryl/α,β-unsaturated/α-hetero) is 1. The molecule has 1 aromatic heterocycles. The second-order valence-corrected chi connectivity index (χ2v) is 9.61. The summed E-state index contributed by atoms with van der Waals surface area (Å²) in [4.78, 5) is 45.0. The number of benzene rings is 2. The highest BCUT2D eigenvalue weighted by Crippen LogP contribution is 2.44. The number of anilines is 1. The zero-order chi connectivity index (χ0) is 26.9. The Hall–Kier alpha value is -3.95. The third-order valence-electron chi connectivity index (χ3n) is 5.83. The number of ketones is 1. The number of carbonyl (C=O) groups excluding carboxylic acids is 3. The van der Waals surface area contributed by atoms with Gasteiger partial charge in [0.15, 0.2) is 5.13 Å². The number of aryl methyl sites for hydroxylation is 2. The number of thiazole rings is 1. The van der Waals surface area contributed by atoms with Crippen molar-refractivity contribution in [1.29, 1.82) is 0 Å². The van der Waals surface area contributed by atoms with Crippen LogP contribution in [0.25, 0.3) is 5.76 Å². The van der Waals surface area contributed by atoms with Gasteiger partial charge in [-0.25, -0.2) is 9.78 Å². The molecule has 2 heterocycles. The molecule has 0 unspecified atom stereocenters. The standard InChI is InChI=1S/C27H23ClN2O6S/c1-5-12-36-26(34)24-15(3)29-27(37-24)30-21(16-6-8-17(28)9-7-16)20(23(32)25(30)33)22(31)19-11-10-18(35-4)13-14(19)2/h5-11,13,21,31H,1,12H2,2-4H3/t21-/m0/s1. The van der Waals surface area contributed by atoms with Crippen LogP contribution >= 0.6 is 22.9 Å². The summed E-state index contributed by atoms with van der Waals surface area (Å²) in [6.45, 7) is 6.91. The van der Waals surface area contributed by atoms with Crippen LogP contribution in [-0.2, 0) is 14.3 Å². The van der Waals surface area contributed by atoms with E-state index in [9.17, 15) is 19.5 Å². The number of hydrogen-bond acceptors (Lipinski definition) is 8. The van der Waals surface area contributed by atoms with E-state index in [2.05, 4.69) is 11.6 Å². The summed E-state index contributed by atoms with van der Waals surface area (Å²) >= 11 is 7.01. The summed E-state index contributed by atoms with van der Waals surface area (Å²) in [7, 11) is 1.53. The highest BCUT2D eigenvalue weighted by molar-refractivity contribution is 7.17. The molecule has 0 spiro atoms. The number of halogens is 1. The molecular formula is C27H23ClN2O6S. The van der Waals surface area contributed by atoms with Gasteiger partial charge in [0.2, 0.25) is 0 Å². The molecule has 1 aliphatic heterocycles. The summed E-state index contributed by atoms with van der Waals surface area (Å²) in [5, 5.41) is 11.9. The molecule has 1 fully saturated rings. The fourth-order valence-electron chi connectivity index (χ4n) is 4.04. The largest absolute Gasteiger partial charge is 0.507 e. The predicted octanol–water partition coefficient (Wildman–Crippen LogP) is 5.39. The number of aromatic nitrogens is 1. The van der Waals surface area contributed by atoms with Gasteiger partial charge in [0, 0.05) is 10.6 Å². The van der Waals surface area contributed by atoms with Gasteiger partial charge in [-0.2, -0.15) is 0 Å². The Bertz CT molecular complexity index is 1440. The number of rotatable bonds is 7. The highest BCUT2D eigenvalue weighted by atomic mass is 35.5. The van der Waals surface area contributed by atoms with Crippen LogP contribution < -0.4 is 9.64 Å². The molecule has 0 aliphatic carbocycles. The number of nitrogens with zero attached hydrogens (tertiary/aromatic N) is 2.